The molecule has 1 N–H and O–H groups in total. The summed E-state index contributed by atoms with van der Waals surface area (Å²) in [6.07, 6.45) is 4.39. The van der Waals surface area contributed by atoms with E-state index in [2.05, 4.69) is 19.2 Å². The van der Waals surface area contributed by atoms with E-state index in [0.29, 0.717) is 16.1 Å². The molecule has 2 nitrogen and oxygen atoms in total. The van der Waals surface area contributed by atoms with E-state index < -0.39 is 0 Å². The Hall–Kier alpha value is -0.280. The lowest BCUT2D eigenvalue weighted by molar-refractivity contribution is 0.128. The Morgan fingerprint density at radius 3 is 2.50 bits per heavy atom. The molecule has 0 amide bonds. The van der Waals surface area contributed by atoms with Crippen LogP contribution in [0.5, 0.6) is 0 Å². The number of rotatable bonds is 10. The topological polar surface area (TPSA) is 21.3 Å². The van der Waals surface area contributed by atoms with Crippen LogP contribution in [0.15, 0.2) is 18.2 Å². The predicted molar refractivity (Wildman–Crippen MR) is 87.8 cm³/mol. The summed E-state index contributed by atoms with van der Waals surface area (Å²) in [7, 11) is 0. The standard InChI is InChI=1S/C16H25Cl2NO/c1-3-5-10-20-11-6-9-19-16(4-2)13-7-8-14(17)15(18)12-13/h7-8,12,16,19H,3-6,9-11H2,1-2H3. The number of hydrogen-bond donors (Lipinski definition) is 1. The quantitative estimate of drug-likeness (QED) is 0.596. The van der Waals surface area contributed by atoms with Gasteiger partial charge in [0, 0.05) is 19.3 Å². The van der Waals surface area contributed by atoms with Crippen LogP contribution in [0.25, 0.3) is 0 Å². The normalized spacial score (nSPS) is 12.6. The maximum atomic E-state index is 6.07. The fourth-order valence-corrected chi connectivity index (χ4v) is 2.33. The SMILES string of the molecule is CCCCOCCCNC(CC)c1ccc(Cl)c(Cl)c1. The van der Waals surface area contributed by atoms with Gasteiger partial charge in [0.25, 0.3) is 0 Å². The molecule has 1 unspecified atom stereocenters. The van der Waals surface area contributed by atoms with Crippen LogP contribution >= 0.6 is 23.2 Å². The zero-order valence-corrected chi connectivity index (χ0v) is 13.9. The van der Waals surface area contributed by atoms with E-state index >= 15 is 0 Å². The Bertz CT molecular complexity index is 385. The molecule has 0 aliphatic rings. The zero-order chi connectivity index (χ0) is 14.8. The van der Waals surface area contributed by atoms with E-state index in [0.717, 1.165) is 39.0 Å². The van der Waals surface area contributed by atoms with Crippen molar-refractivity contribution in [2.75, 3.05) is 19.8 Å². The van der Waals surface area contributed by atoms with Gasteiger partial charge in [0.15, 0.2) is 0 Å². The Labute approximate surface area is 132 Å². The lowest BCUT2D eigenvalue weighted by Gasteiger charge is -2.18. The third-order valence-electron chi connectivity index (χ3n) is 3.25. The molecule has 0 saturated carbocycles. The molecule has 0 spiro atoms. The van der Waals surface area contributed by atoms with E-state index in [1.54, 1.807) is 0 Å². The van der Waals surface area contributed by atoms with Gasteiger partial charge in [-0.3, -0.25) is 0 Å². The molecule has 1 aromatic carbocycles. The van der Waals surface area contributed by atoms with Crippen molar-refractivity contribution in [3.8, 4) is 0 Å². The predicted octanol–water partition coefficient (Wildman–Crippen LogP) is 5.24. The average Bonchev–Trinajstić information content (AvgIpc) is 2.45. The van der Waals surface area contributed by atoms with Crippen LogP contribution in [-0.4, -0.2) is 19.8 Å². The third kappa shape index (κ3) is 6.45. The summed E-state index contributed by atoms with van der Waals surface area (Å²) >= 11 is 12.0. The molecule has 0 fully saturated rings. The van der Waals surface area contributed by atoms with Crippen molar-refractivity contribution in [3.63, 3.8) is 0 Å². The summed E-state index contributed by atoms with van der Waals surface area (Å²) in [5.41, 5.74) is 1.19. The van der Waals surface area contributed by atoms with Crippen LogP contribution < -0.4 is 5.32 Å². The molecule has 1 rings (SSSR count). The number of nitrogens with one attached hydrogen (secondary N) is 1. The molecule has 0 heterocycles. The van der Waals surface area contributed by atoms with Crippen molar-refractivity contribution in [3.05, 3.63) is 33.8 Å². The first-order chi connectivity index (χ1) is 9.69. The van der Waals surface area contributed by atoms with Gasteiger partial charge in [0.05, 0.1) is 10.0 Å². The van der Waals surface area contributed by atoms with Crippen LogP contribution in [0.3, 0.4) is 0 Å². The van der Waals surface area contributed by atoms with Crippen molar-refractivity contribution < 1.29 is 4.74 Å². The van der Waals surface area contributed by atoms with Gasteiger partial charge in [0.1, 0.15) is 0 Å². The maximum absolute atomic E-state index is 6.07. The van der Waals surface area contributed by atoms with E-state index in [1.807, 2.05) is 18.2 Å². The molecule has 0 aliphatic heterocycles. The lowest BCUT2D eigenvalue weighted by Crippen LogP contribution is -2.23. The van der Waals surface area contributed by atoms with Gasteiger partial charge >= 0.3 is 0 Å². The first-order valence-electron chi connectivity index (χ1n) is 7.45. The highest BCUT2D eigenvalue weighted by Gasteiger charge is 2.09. The van der Waals surface area contributed by atoms with Crippen LogP contribution in [0.4, 0.5) is 0 Å². The molecule has 0 aliphatic carbocycles. The second-order valence-corrected chi connectivity index (χ2v) is 5.72. The van der Waals surface area contributed by atoms with Gasteiger partial charge in [0.2, 0.25) is 0 Å². The lowest BCUT2D eigenvalue weighted by atomic mass is 10.0. The molecule has 0 bridgehead atoms. The van der Waals surface area contributed by atoms with Gasteiger partial charge < -0.3 is 10.1 Å². The fraction of sp³-hybridized carbons (Fsp3) is 0.625. The first kappa shape index (κ1) is 17.8. The van der Waals surface area contributed by atoms with Crippen molar-refractivity contribution in [1.29, 1.82) is 0 Å². The number of unbranched alkanes of at least 4 members (excludes halogenated alkanes) is 1. The van der Waals surface area contributed by atoms with Crippen molar-refractivity contribution in [1.82, 2.24) is 5.32 Å². The van der Waals surface area contributed by atoms with Gasteiger partial charge in [-0.2, -0.15) is 0 Å². The summed E-state index contributed by atoms with van der Waals surface area (Å²) in [6.45, 7) is 6.99. The molecular weight excluding hydrogens is 293 g/mol. The summed E-state index contributed by atoms with van der Waals surface area (Å²) in [4.78, 5) is 0. The Kier molecular flexibility index (Phi) is 9.28. The molecule has 1 atom stereocenters. The molecule has 0 aromatic heterocycles. The molecule has 0 radical (unpaired) electrons. The van der Waals surface area contributed by atoms with Crippen molar-refractivity contribution >= 4 is 23.2 Å². The Balaban J connectivity index is 2.30. The van der Waals surface area contributed by atoms with E-state index in [4.69, 9.17) is 27.9 Å². The van der Waals surface area contributed by atoms with Crippen LogP contribution in [0, 0.1) is 0 Å². The summed E-state index contributed by atoms with van der Waals surface area (Å²) in [6, 6.07) is 6.16. The number of halogens is 2. The third-order valence-corrected chi connectivity index (χ3v) is 3.99. The monoisotopic (exact) mass is 317 g/mol. The smallest absolute Gasteiger partial charge is 0.0595 e. The molecule has 0 saturated heterocycles. The minimum Gasteiger partial charge on any atom is -0.381 e. The van der Waals surface area contributed by atoms with Gasteiger partial charge in [-0.15, -0.1) is 0 Å². The maximum Gasteiger partial charge on any atom is 0.0595 e. The van der Waals surface area contributed by atoms with Gasteiger partial charge in [-0.1, -0.05) is 49.5 Å². The highest BCUT2D eigenvalue weighted by atomic mass is 35.5. The van der Waals surface area contributed by atoms with Crippen molar-refractivity contribution in [2.45, 2.75) is 45.6 Å². The van der Waals surface area contributed by atoms with E-state index in [-0.39, 0.29) is 0 Å². The highest BCUT2D eigenvalue weighted by Crippen LogP contribution is 2.26. The number of benzene rings is 1. The minimum absolute atomic E-state index is 0.320. The minimum atomic E-state index is 0.320. The largest absolute Gasteiger partial charge is 0.381 e. The molecule has 20 heavy (non-hydrogen) atoms. The fourth-order valence-electron chi connectivity index (χ4n) is 2.03. The highest BCUT2D eigenvalue weighted by molar-refractivity contribution is 6.42. The molecule has 4 heteroatoms. The summed E-state index contributed by atoms with van der Waals surface area (Å²) < 4.78 is 5.55. The van der Waals surface area contributed by atoms with Crippen LogP contribution in [-0.2, 0) is 4.74 Å². The summed E-state index contributed by atoms with van der Waals surface area (Å²) in [5.74, 6) is 0. The van der Waals surface area contributed by atoms with Gasteiger partial charge in [-0.25, -0.2) is 0 Å². The van der Waals surface area contributed by atoms with Crippen molar-refractivity contribution in [2.24, 2.45) is 0 Å². The molecular formula is C16H25Cl2NO. The number of ether oxygens (including phenoxy) is 1. The Morgan fingerprint density at radius 1 is 1.10 bits per heavy atom. The molecule has 1 aromatic rings. The van der Waals surface area contributed by atoms with Crippen LogP contribution in [0.1, 0.15) is 51.1 Å². The average molecular weight is 318 g/mol. The van der Waals surface area contributed by atoms with E-state index in [1.165, 1.54) is 12.0 Å². The van der Waals surface area contributed by atoms with Gasteiger partial charge in [-0.05, 0) is 43.5 Å². The second kappa shape index (κ2) is 10.4. The zero-order valence-electron chi connectivity index (χ0n) is 12.4. The number of hydrogen-bond acceptors (Lipinski definition) is 2. The first-order valence-corrected chi connectivity index (χ1v) is 8.20. The van der Waals surface area contributed by atoms with E-state index in [9.17, 15) is 0 Å². The summed E-state index contributed by atoms with van der Waals surface area (Å²) in [5, 5.41) is 4.77. The second-order valence-electron chi connectivity index (χ2n) is 4.91. The molecule has 114 valence electrons. The van der Waals surface area contributed by atoms with Crippen LogP contribution in [0.2, 0.25) is 10.0 Å². The Morgan fingerprint density at radius 2 is 1.85 bits per heavy atom.